The number of fused-ring (bicyclic) bond motifs is 2. The SMILES string of the molecule is CC1(C)S[C@@H]2[C@H](NC(=O)[C@H](N)c3ccc(O)cc3)C(=O)N2[C@H]1C(=O)O.COc1ccnc(C[S+]([O-])c2nc3cc(OC(F)F)ccc3[nH]2)c1OC.Cc1ncc([N+](=O)[O-])n1CCO. The van der Waals surface area contributed by atoms with Crippen molar-refractivity contribution in [2.24, 2.45) is 5.73 Å². The number of carbonyl (C=O) groups is 3. The second-order valence-corrected chi connectivity index (χ2v) is 17.2. The topological polar surface area (TPSA) is 306 Å². The fourth-order valence-corrected chi connectivity index (χ4v) is 9.23. The van der Waals surface area contributed by atoms with Crippen LogP contribution < -0.4 is 25.3 Å². The van der Waals surface area contributed by atoms with Gasteiger partial charge in [-0.2, -0.15) is 13.8 Å². The van der Waals surface area contributed by atoms with Gasteiger partial charge in [0.15, 0.2) is 23.1 Å². The normalized spacial score (nSPS) is 18.2. The summed E-state index contributed by atoms with van der Waals surface area (Å²) in [5.74, 6) is -0.586. The first-order valence-electron chi connectivity index (χ1n) is 18.6. The van der Waals surface area contributed by atoms with Gasteiger partial charge in [-0.3, -0.25) is 19.6 Å². The number of ether oxygens (including phenoxy) is 3. The van der Waals surface area contributed by atoms with E-state index < -0.39 is 68.7 Å². The Labute approximate surface area is 364 Å². The van der Waals surface area contributed by atoms with Crippen LogP contribution in [0.3, 0.4) is 0 Å². The van der Waals surface area contributed by atoms with Crippen LogP contribution in [0.15, 0.2) is 66.1 Å². The minimum absolute atomic E-state index is 0.0209. The number of nitrogens with zero attached hydrogens (tertiary/aromatic N) is 6. The molecule has 0 aliphatic carbocycles. The van der Waals surface area contributed by atoms with Crippen LogP contribution in [0.5, 0.6) is 23.0 Å². The number of aryl methyl sites for hydroxylation is 1. The van der Waals surface area contributed by atoms with Gasteiger partial charge in [-0.25, -0.2) is 14.3 Å². The molecule has 1 unspecified atom stereocenters. The van der Waals surface area contributed by atoms with Crippen LogP contribution in [0.2, 0.25) is 0 Å². The van der Waals surface area contributed by atoms with Crippen molar-refractivity contribution >= 4 is 57.6 Å². The number of hydrogen-bond donors (Lipinski definition) is 6. The second-order valence-electron chi connectivity index (χ2n) is 14.0. The molecule has 2 aliphatic rings. The molecule has 25 heteroatoms. The van der Waals surface area contributed by atoms with Crippen molar-refractivity contribution in [3.8, 4) is 23.0 Å². The summed E-state index contributed by atoms with van der Waals surface area (Å²) in [5, 5.41) is 40.0. The van der Waals surface area contributed by atoms with Crippen LogP contribution in [0.25, 0.3) is 11.0 Å². The summed E-state index contributed by atoms with van der Waals surface area (Å²) in [4.78, 5) is 62.4. The van der Waals surface area contributed by atoms with Gasteiger partial charge in [0, 0.05) is 41.2 Å². The predicted molar refractivity (Wildman–Crippen MR) is 222 cm³/mol. The van der Waals surface area contributed by atoms with Gasteiger partial charge in [-0.05, 0) is 48.6 Å². The molecule has 5 heterocycles. The number of aliphatic hydroxyl groups is 1. The van der Waals surface area contributed by atoms with Crippen molar-refractivity contribution in [1.29, 1.82) is 0 Å². The van der Waals surface area contributed by atoms with Gasteiger partial charge >= 0.3 is 23.6 Å². The minimum Gasteiger partial charge on any atom is -0.609 e. The molecule has 7 rings (SSSR count). The number of pyridine rings is 1. The van der Waals surface area contributed by atoms with E-state index in [9.17, 15) is 48.0 Å². The Hall–Kier alpha value is -6.28. The summed E-state index contributed by atoms with van der Waals surface area (Å²) in [5.41, 5.74) is 7.79. The van der Waals surface area contributed by atoms with E-state index in [0.717, 1.165) is 0 Å². The number of carboxylic acids is 1. The number of H-pyrrole nitrogens is 1. The van der Waals surface area contributed by atoms with Gasteiger partial charge in [0.2, 0.25) is 11.8 Å². The van der Waals surface area contributed by atoms with Gasteiger partial charge in [0.1, 0.15) is 53.4 Å². The lowest BCUT2D eigenvalue weighted by molar-refractivity contribution is -0.392. The molecule has 0 spiro atoms. The van der Waals surface area contributed by atoms with Crippen LogP contribution in [-0.4, -0.2) is 122 Å². The van der Waals surface area contributed by atoms with Crippen molar-refractivity contribution in [3.05, 3.63) is 88.1 Å². The lowest BCUT2D eigenvalue weighted by atomic mass is 9.95. The molecule has 7 N–H and O–H groups in total. The highest BCUT2D eigenvalue weighted by atomic mass is 32.2. The fourth-order valence-electron chi connectivity index (χ4n) is 6.59. The van der Waals surface area contributed by atoms with Crippen molar-refractivity contribution in [2.45, 2.75) is 73.1 Å². The Kier molecular flexibility index (Phi) is 15.4. The van der Waals surface area contributed by atoms with Gasteiger partial charge in [-0.15, -0.1) is 11.8 Å². The molecule has 0 bridgehead atoms. The number of phenolic OH excluding ortho intramolecular Hbond substituents is 1. The third-order valence-electron chi connectivity index (χ3n) is 9.56. The highest BCUT2D eigenvalue weighted by Crippen LogP contribution is 2.50. The number of methoxy groups -OCH3 is 2. The van der Waals surface area contributed by atoms with Crippen LogP contribution in [0.4, 0.5) is 14.6 Å². The molecule has 2 amide bonds. The molecule has 0 radical (unpaired) electrons. The Morgan fingerprint density at radius 3 is 2.44 bits per heavy atom. The number of carbonyl (C=O) groups excluding carboxylic acids is 2. The molecule has 63 heavy (non-hydrogen) atoms. The fraction of sp³-hybridized carbons (Fsp3) is 0.368. The average molecular weight is 920 g/mol. The summed E-state index contributed by atoms with van der Waals surface area (Å²) < 4.78 is 52.8. The molecule has 21 nitrogen and oxygen atoms in total. The van der Waals surface area contributed by atoms with Crippen LogP contribution in [-0.2, 0) is 37.9 Å². The van der Waals surface area contributed by atoms with E-state index in [1.165, 1.54) is 90.3 Å². The number of aromatic amines is 1. The number of nitrogens with two attached hydrogens (primary N) is 1. The molecule has 5 atom stereocenters. The minimum atomic E-state index is -2.92. The summed E-state index contributed by atoms with van der Waals surface area (Å²) >= 11 is -0.207. The summed E-state index contributed by atoms with van der Waals surface area (Å²) in [6.07, 6.45) is 2.71. The van der Waals surface area contributed by atoms with E-state index in [4.69, 9.17) is 20.3 Å². The summed E-state index contributed by atoms with van der Waals surface area (Å²) in [6, 6.07) is 9.11. The first-order valence-corrected chi connectivity index (χ1v) is 20.8. The average Bonchev–Trinajstić information content (AvgIpc) is 3.91. The van der Waals surface area contributed by atoms with Crippen LogP contribution >= 0.6 is 11.8 Å². The quantitative estimate of drug-likeness (QED) is 0.0404. The number of halogens is 2. The van der Waals surface area contributed by atoms with E-state index in [-0.39, 0.29) is 41.4 Å². The van der Waals surface area contributed by atoms with Gasteiger partial charge in [0.25, 0.3) is 0 Å². The number of aliphatic carboxylic acids is 1. The van der Waals surface area contributed by atoms with E-state index in [1.54, 1.807) is 26.8 Å². The monoisotopic (exact) mass is 919 g/mol. The molecular formula is C38H43F2N9O12S2. The molecule has 2 fully saturated rings. The van der Waals surface area contributed by atoms with E-state index in [1.807, 2.05) is 0 Å². The molecule has 0 saturated carbocycles. The molecule has 2 aromatic carbocycles. The lowest BCUT2D eigenvalue weighted by Gasteiger charge is -2.43. The molecule has 5 aromatic rings. The van der Waals surface area contributed by atoms with Crippen molar-refractivity contribution in [3.63, 3.8) is 0 Å². The number of rotatable bonds is 14. The Bertz CT molecular complexity index is 2440. The highest BCUT2D eigenvalue weighted by Gasteiger charge is 2.64. The Morgan fingerprint density at radius 1 is 1.14 bits per heavy atom. The number of imidazole rings is 2. The zero-order valence-electron chi connectivity index (χ0n) is 34.1. The van der Waals surface area contributed by atoms with Gasteiger partial charge in [-0.1, -0.05) is 12.1 Å². The maximum Gasteiger partial charge on any atom is 0.387 e. The number of amides is 2. The van der Waals surface area contributed by atoms with Gasteiger partial charge < -0.3 is 60.1 Å². The second kappa shape index (κ2) is 20.3. The van der Waals surface area contributed by atoms with E-state index in [2.05, 4.69) is 30.0 Å². The number of thioether (sulfide) groups is 1. The highest BCUT2D eigenvalue weighted by molar-refractivity contribution is 8.01. The number of nitro groups is 1. The maximum absolute atomic E-state index is 12.6. The van der Waals surface area contributed by atoms with Crippen molar-refractivity contribution in [1.82, 2.24) is 34.7 Å². The standard InChI is InChI=1S/C16H15F2N3O4S.C16H19N3O5S.C6H9N3O3/c1-23-13-5-6-19-12(14(13)24-2)8-26(22)16-20-10-4-3-9(25-15(17)18)7-11(10)21-16;1-16(2)11(15(23)24)19-13(22)10(14(19)25-16)18-12(21)9(17)7-3-5-8(20)6-4-7;1-5-7-4-6(9(11)12)8(5)2-3-10/h3-7,15H,8H2,1-2H3,(H,20,21);3-6,9-11,14,20H,17H2,1-2H3,(H,18,21)(H,23,24);4,10H,2-3H2,1H3/t;9-,10-,11+,14-;/m.1./s1. The number of benzene rings is 2. The Morgan fingerprint density at radius 2 is 1.84 bits per heavy atom. The number of phenols is 1. The first-order chi connectivity index (χ1) is 29.8. The summed E-state index contributed by atoms with van der Waals surface area (Å²) in [7, 11) is 2.97. The molecular weight excluding hydrogens is 877 g/mol. The molecule has 3 aromatic heterocycles. The molecule has 2 aliphatic heterocycles. The van der Waals surface area contributed by atoms with Crippen LogP contribution in [0.1, 0.15) is 37.0 Å². The van der Waals surface area contributed by atoms with E-state index >= 15 is 0 Å². The number of β-lactam (4-membered cyclic amide) rings is 1. The zero-order valence-corrected chi connectivity index (χ0v) is 35.8. The number of aromatic hydroxyl groups is 1. The maximum atomic E-state index is 12.6. The van der Waals surface area contributed by atoms with Crippen molar-refractivity contribution in [2.75, 3.05) is 20.8 Å². The zero-order chi connectivity index (χ0) is 46.3. The predicted octanol–water partition coefficient (Wildman–Crippen LogP) is 3.00. The Balaban J connectivity index is 0.000000190. The van der Waals surface area contributed by atoms with Gasteiger partial charge in [0.05, 0.1) is 31.9 Å². The van der Waals surface area contributed by atoms with E-state index in [0.29, 0.717) is 39.6 Å². The molecule has 338 valence electrons. The first kappa shape index (κ1) is 47.8. The number of alkyl halides is 2. The largest absolute Gasteiger partial charge is 0.609 e. The number of aromatic nitrogens is 5. The number of aliphatic hydroxyl groups excluding tert-OH is 1. The smallest absolute Gasteiger partial charge is 0.387 e. The molecule has 2 saturated heterocycles. The third kappa shape index (κ3) is 10.9. The van der Waals surface area contributed by atoms with Crippen LogP contribution in [0, 0.1) is 17.0 Å². The third-order valence-corrected chi connectivity index (χ3v) is 12.3. The number of nitrogens with one attached hydrogen (secondary N) is 2. The summed E-state index contributed by atoms with van der Waals surface area (Å²) in [6.45, 7) is 2.35. The lowest BCUT2D eigenvalue weighted by Crippen LogP contribution is -2.71. The van der Waals surface area contributed by atoms with Crippen molar-refractivity contribution < 1.29 is 62.2 Å². The number of carboxylic acid groups (broad SMARTS) is 1. The number of hydrogen-bond acceptors (Lipinski definition) is 16.